The summed E-state index contributed by atoms with van der Waals surface area (Å²) < 4.78 is 39.4. The van der Waals surface area contributed by atoms with Crippen LogP contribution in [0.4, 0.5) is 24.5 Å². The molecule has 10 heteroatoms. The molecular formula is C16H12F3N3O4. The highest BCUT2D eigenvalue weighted by Crippen LogP contribution is 2.21. The van der Waals surface area contributed by atoms with Crippen molar-refractivity contribution in [3.8, 4) is 0 Å². The number of nitro benzene ring substituents is 1. The van der Waals surface area contributed by atoms with E-state index in [9.17, 15) is 32.9 Å². The lowest BCUT2D eigenvalue weighted by Gasteiger charge is -2.07. The number of nitro groups is 1. The van der Waals surface area contributed by atoms with Gasteiger partial charge in [0.05, 0.1) is 10.5 Å². The molecule has 2 aromatic rings. The number of amides is 2. The first kappa shape index (κ1) is 18.9. The zero-order chi connectivity index (χ0) is 19.3. The maximum Gasteiger partial charge on any atom is 0.306 e. The molecule has 2 N–H and O–H groups in total. The Morgan fingerprint density at radius 2 is 1.77 bits per heavy atom. The quantitative estimate of drug-likeness (QED) is 0.605. The highest BCUT2D eigenvalue weighted by molar-refractivity contribution is 5.95. The van der Waals surface area contributed by atoms with Gasteiger partial charge in [0.1, 0.15) is 11.6 Å². The lowest BCUT2D eigenvalue weighted by molar-refractivity contribution is -0.387. The van der Waals surface area contributed by atoms with E-state index in [1.54, 1.807) is 0 Å². The van der Waals surface area contributed by atoms with Crippen molar-refractivity contribution in [2.24, 2.45) is 0 Å². The topological polar surface area (TPSA) is 101 Å². The van der Waals surface area contributed by atoms with Gasteiger partial charge in [-0.25, -0.2) is 8.78 Å². The summed E-state index contributed by atoms with van der Waals surface area (Å²) in [5.74, 6) is -4.34. The smallest absolute Gasteiger partial charge is 0.306 e. The summed E-state index contributed by atoms with van der Waals surface area (Å²) in [6.07, 6.45) is -0.222. The van der Waals surface area contributed by atoms with Crippen LogP contribution >= 0.6 is 0 Å². The lowest BCUT2D eigenvalue weighted by atomic mass is 10.2. The zero-order valence-corrected chi connectivity index (χ0v) is 13.1. The van der Waals surface area contributed by atoms with Gasteiger partial charge in [0, 0.05) is 30.8 Å². The van der Waals surface area contributed by atoms with E-state index in [1.165, 1.54) is 0 Å². The average molecular weight is 367 g/mol. The zero-order valence-electron chi connectivity index (χ0n) is 13.1. The predicted octanol–water partition coefficient (Wildman–Crippen LogP) is 2.77. The van der Waals surface area contributed by atoms with Gasteiger partial charge in [-0.2, -0.15) is 4.39 Å². The van der Waals surface area contributed by atoms with Crippen molar-refractivity contribution in [1.29, 1.82) is 0 Å². The van der Waals surface area contributed by atoms with Crippen LogP contribution < -0.4 is 10.6 Å². The SMILES string of the molecule is O=C(CCNC(=O)c1ccc(F)cc1F)Nc1ccc(F)c([N+](=O)[O-])c1. The van der Waals surface area contributed by atoms with Crippen LogP contribution in [0, 0.1) is 27.6 Å². The fraction of sp³-hybridized carbons (Fsp3) is 0.125. The Labute approximate surface area is 145 Å². The number of nitrogens with one attached hydrogen (secondary N) is 2. The van der Waals surface area contributed by atoms with Gasteiger partial charge >= 0.3 is 5.69 Å². The van der Waals surface area contributed by atoms with Gasteiger partial charge in [-0.1, -0.05) is 0 Å². The molecule has 0 radical (unpaired) electrons. The molecule has 0 atom stereocenters. The number of carbonyl (C=O) groups excluding carboxylic acids is 2. The maximum atomic E-state index is 13.4. The molecule has 0 spiro atoms. The number of halogens is 3. The van der Waals surface area contributed by atoms with Crippen LogP contribution in [0.5, 0.6) is 0 Å². The molecule has 0 heterocycles. The number of nitrogens with zero attached hydrogens (tertiary/aromatic N) is 1. The second kappa shape index (κ2) is 8.10. The number of anilines is 1. The Hall–Kier alpha value is -3.43. The Kier molecular flexibility index (Phi) is 5.89. The van der Waals surface area contributed by atoms with Crippen molar-refractivity contribution >= 4 is 23.2 Å². The summed E-state index contributed by atoms with van der Waals surface area (Å²) in [5, 5.41) is 15.2. The normalized spacial score (nSPS) is 10.3. The van der Waals surface area contributed by atoms with Crippen LogP contribution in [-0.2, 0) is 4.79 Å². The molecule has 0 aliphatic heterocycles. The number of carbonyl (C=O) groups is 2. The molecule has 7 nitrogen and oxygen atoms in total. The van der Waals surface area contributed by atoms with E-state index < -0.39 is 39.9 Å². The minimum absolute atomic E-state index is 0.0130. The van der Waals surface area contributed by atoms with Crippen molar-refractivity contribution in [2.75, 3.05) is 11.9 Å². The van der Waals surface area contributed by atoms with Crippen molar-refractivity contribution in [1.82, 2.24) is 5.32 Å². The van der Waals surface area contributed by atoms with E-state index in [0.29, 0.717) is 6.07 Å². The first-order valence-electron chi connectivity index (χ1n) is 7.25. The minimum atomic E-state index is -1.04. The van der Waals surface area contributed by atoms with Gasteiger partial charge in [-0.3, -0.25) is 19.7 Å². The molecule has 0 saturated heterocycles. The predicted molar refractivity (Wildman–Crippen MR) is 85.0 cm³/mol. The van der Waals surface area contributed by atoms with E-state index >= 15 is 0 Å². The van der Waals surface area contributed by atoms with Crippen LogP contribution in [-0.4, -0.2) is 23.3 Å². The van der Waals surface area contributed by atoms with E-state index in [2.05, 4.69) is 10.6 Å². The molecule has 136 valence electrons. The van der Waals surface area contributed by atoms with Gasteiger partial charge < -0.3 is 10.6 Å². The van der Waals surface area contributed by atoms with Crippen LogP contribution in [0.25, 0.3) is 0 Å². The standard InChI is InChI=1S/C16H12F3N3O4/c17-9-1-3-11(13(19)7-9)16(24)20-6-5-15(23)21-10-2-4-12(18)14(8-10)22(25)26/h1-4,7-8H,5-6H2,(H,20,24)(H,21,23). The number of hydrogen-bond acceptors (Lipinski definition) is 4. The molecule has 26 heavy (non-hydrogen) atoms. The molecule has 0 saturated carbocycles. The van der Waals surface area contributed by atoms with E-state index in [0.717, 1.165) is 30.3 Å². The summed E-state index contributed by atoms with van der Waals surface area (Å²) in [4.78, 5) is 33.2. The highest BCUT2D eigenvalue weighted by atomic mass is 19.1. The monoisotopic (exact) mass is 367 g/mol. The molecule has 0 fully saturated rings. The van der Waals surface area contributed by atoms with Gasteiger partial charge in [-0.15, -0.1) is 0 Å². The van der Waals surface area contributed by atoms with E-state index in [4.69, 9.17) is 0 Å². The summed E-state index contributed by atoms with van der Waals surface area (Å²) in [5.41, 5.74) is -1.15. The first-order valence-corrected chi connectivity index (χ1v) is 7.25. The lowest BCUT2D eigenvalue weighted by Crippen LogP contribution is -2.28. The maximum absolute atomic E-state index is 13.4. The van der Waals surface area contributed by atoms with Gasteiger partial charge in [-0.05, 0) is 24.3 Å². The molecule has 0 aliphatic rings. The highest BCUT2D eigenvalue weighted by Gasteiger charge is 2.16. The number of benzene rings is 2. The molecule has 0 aromatic heterocycles. The largest absolute Gasteiger partial charge is 0.351 e. The van der Waals surface area contributed by atoms with Gasteiger partial charge in [0.25, 0.3) is 5.91 Å². The number of hydrogen-bond donors (Lipinski definition) is 2. The molecular weight excluding hydrogens is 355 g/mol. The first-order chi connectivity index (χ1) is 12.3. The third kappa shape index (κ3) is 4.79. The molecule has 0 bridgehead atoms. The van der Waals surface area contributed by atoms with Crippen molar-refractivity contribution in [3.05, 3.63) is 69.5 Å². The molecule has 0 aliphatic carbocycles. The van der Waals surface area contributed by atoms with Gasteiger partial charge in [0.2, 0.25) is 11.7 Å². The Balaban J connectivity index is 1.88. The second-order valence-electron chi connectivity index (χ2n) is 5.10. The third-order valence-electron chi connectivity index (χ3n) is 3.24. The fourth-order valence-electron chi connectivity index (χ4n) is 2.01. The molecule has 0 unspecified atom stereocenters. The van der Waals surface area contributed by atoms with Crippen LogP contribution in [0.15, 0.2) is 36.4 Å². The van der Waals surface area contributed by atoms with E-state index in [-0.39, 0.29) is 24.2 Å². The Morgan fingerprint density at radius 1 is 1.04 bits per heavy atom. The Morgan fingerprint density at radius 3 is 2.42 bits per heavy atom. The average Bonchev–Trinajstić information content (AvgIpc) is 2.56. The minimum Gasteiger partial charge on any atom is -0.351 e. The molecule has 2 aromatic carbocycles. The van der Waals surface area contributed by atoms with Crippen LogP contribution in [0.3, 0.4) is 0 Å². The van der Waals surface area contributed by atoms with Crippen molar-refractivity contribution in [3.63, 3.8) is 0 Å². The number of rotatable bonds is 6. The van der Waals surface area contributed by atoms with Crippen LogP contribution in [0.2, 0.25) is 0 Å². The summed E-state index contributed by atoms with van der Waals surface area (Å²) in [6, 6.07) is 5.30. The van der Waals surface area contributed by atoms with E-state index in [1.807, 2.05) is 0 Å². The summed E-state index contributed by atoms with van der Waals surface area (Å²) in [6.45, 7) is -0.162. The third-order valence-corrected chi connectivity index (χ3v) is 3.24. The second-order valence-corrected chi connectivity index (χ2v) is 5.10. The van der Waals surface area contributed by atoms with Crippen molar-refractivity contribution in [2.45, 2.75) is 6.42 Å². The fourth-order valence-corrected chi connectivity index (χ4v) is 2.01. The van der Waals surface area contributed by atoms with Gasteiger partial charge in [0.15, 0.2) is 0 Å². The van der Waals surface area contributed by atoms with Crippen molar-refractivity contribution < 1.29 is 27.7 Å². The molecule has 2 amide bonds. The molecule has 2 rings (SSSR count). The van der Waals surface area contributed by atoms with Crippen LogP contribution in [0.1, 0.15) is 16.8 Å². The Bertz CT molecular complexity index is 874. The summed E-state index contributed by atoms with van der Waals surface area (Å²) in [7, 11) is 0. The summed E-state index contributed by atoms with van der Waals surface area (Å²) >= 11 is 0.